The number of aromatic carboxylic acids is 1. The van der Waals surface area contributed by atoms with E-state index in [2.05, 4.69) is 5.32 Å². The summed E-state index contributed by atoms with van der Waals surface area (Å²) in [5, 5.41) is 21.3. The smallest absolute Gasteiger partial charge is 0.337 e. The minimum Gasteiger partial charge on any atom is -0.478 e. The minimum atomic E-state index is -1.01. The second-order valence-electron chi connectivity index (χ2n) is 3.91. The molecule has 4 nitrogen and oxygen atoms in total. The summed E-state index contributed by atoms with van der Waals surface area (Å²) in [4.78, 5) is 11.0. The average Bonchev–Trinajstić information content (AvgIpc) is 2.28. The topological polar surface area (TPSA) is 69.6 Å². The van der Waals surface area contributed by atoms with E-state index in [1.54, 1.807) is 12.1 Å². The van der Waals surface area contributed by atoms with Gasteiger partial charge in [0.15, 0.2) is 0 Å². The van der Waals surface area contributed by atoms with Crippen molar-refractivity contribution in [2.24, 2.45) is 0 Å². The van der Waals surface area contributed by atoms with Crippen molar-refractivity contribution in [3.63, 3.8) is 0 Å². The number of aliphatic hydroxyl groups excluding tert-OH is 1. The molecule has 1 unspecified atom stereocenters. The number of hydrogen-bond acceptors (Lipinski definition) is 3. The van der Waals surface area contributed by atoms with E-state index in [0.717, 1.165) is 6.42 Å². The van der Waals surface area contributed by atoms with Crippen LogP contribution in [0.2, 0.25) is 5.02 Å². The first-order chi connectivity index (χ1) is 8.04. The Balaban J connectivity index is 2.79. The van der Waals surface area contributed by atoms with Crippen LogP contribution in [0.5, 0.6) is 0 Å². The maximum Gasteiger partial charge on any atom is 0.337 e. The quantitative estimate of drug-likeness (QED) is 0.733. The Morgan fingerprint density at radius 1 is 1.53 bits per heavy atom. The van der Waals surface area contributed by atoms with Crippen LogP contribution >= 0.6 is 11.6 Å². The van der Waals surface area contributed by atoms with Crippen LogP contribution in [-0.4, -0.2) is 28.8 Å². The van der Waals surface area contributed by atoms with Gasteiger partial charge in [-0.3, -0.25) is 0 Å². The second-order valence-corrected chi connectivity index (χ2v) is 4.34. The molecule has 0 saturated carbocycles. The largest absolute Gasteiger partial charge is 0.478 e. The van der Waals surface area contributed by atoms with Gasteiger partial charge < -0.3 is 15.5 Å². The van der Waals surface area contributed by atoms with Crippen molar-refractivity contribution >= 4 is 23.3 Å². The van der Waals surface area contributed by atoms with E-state index in [-0.39, 0.29) is 18.2 Å². The molecular formula is C12H16ClNO3. The molecule has 0 aromatic heterocycles. The average molecular weight is 258 g/mol. The molecule has 0 aliphatic rings. The lowest BCUT2D eigenvalue weighted by molar-refractivity contribution is 0.0698. The van der Waals surface area contributed by atoms with Gasteiger partial charge in [-0.2, -0.15) is 0 Å². The fourth-order valence-electron chi connectivity index (χ4n) is 1.55. The van der Waals surface area contributed by atoms with Gasteiger partial charge in [-0.1, -0.05) is 11.6 Å². The molecule has 0 spiro atoms. The highest BCUT2D eigenvalue weighted by Gasteiger charge is 2.12. The van der Waals surface area contributed by atoms with E-state index in [1.165, 1.54) is 6.07 Å². The lowest BCUT2D eigenvalue weighted by atomic mass is 10.1. The second kappa shape index (κ2) is 6.47. The molecule has 0 fully saturated rings. The molecule has 0 aliphatic carbocycles. The number of benzene rings is 1. The third-order valence-electron chi connectivity index (χ3n) is 2.41. The highest BCUT2D eigenvalue weighted by Crippen LogP contribution is 2.22. The number of anilines is 1. The number of rotatable bonds is 6. The Morgan fingerprint density at radius 2 is 2.24 bits per heavy atom. The molecule has 1 atom stereocenters. The van der Waals surface area contributed by atoms with Gasteiger partial charge in [-0.15, -0.1) is 0 Å². The van der Waals surface area contributed by atoms with Gasteiger partial charge in [0.2, 0.25) is 0 Å². The molecule has 1 aromatic carbocycles. The van der Waals surface area contributed by atoms with Crippen LogP contribution < -0.4 is 5.32 Å². The Kier molecular flexibility index (Phi) is 5.25. The summed E-state index contributed by atoms with van der Waals surface area (Å²) >= 11 is 5.76. The van der Waals surface area contributed by atoms with Crippen molar-refractivity contribution in [1.29, 1.82) is 0 Å². The number of carbonyl (C=O) groups is 1. The van der Waals surface area contributed by atoms with Gasteiger partial charge in [-0.05, 0) is 38.0 Å². The zero-order valence-corrected chi connectivity index (χ0v) is 10.4. The Bertz CT molecular complexity index is 395. The summed E-state index contributed by atoms with van der Waals surface area (Å²) in [6.45, 7) is 2.08. The van der Waals surface area contributed by atoms with Crippen molar-refractivity contribution in [1.82, 2.24) is 0 Å². The molecule has 0 bridgehead atoms. The predicted molar refractivity (Wildman–Crippen MR) is 67.8 cm³/mol. The molecule has 1 aromatic rings. The molecule has 94 valence electrons. The molecule has 0 saturated heterocycles. The zero-order chi connectivity index (χ0) is 12.8. The zero-order valence-electron chi connectivity index (χ0n) is 9.61. The fourth-order valence-corrected chi connectivity index (χ4v) is 1.73. The lowest BCUT2D eigenvalue weighted by Crippen LogP contribution is -2.17. The van der Waals surface area contributed by atoms with Crippen LogP contribution in [0.25, 0.3) is 0 Å². The maximum atomic E-state index is 11.0. The number of nitrogens with one attached hydrogen (secondary N) is 1. The van der Waals surface area contributed by atoms with Gasteiger partial charge >= 0.3 is 5.97 Å². The summed E-state index contributed by atoms with van der Waals surface area (Å²) in [5.41, 5.74) is 0.709. The van der Waals surface area contributed by atoms with Crippen molar-refractivity contribution in [3.8, 4) is 0 Å². The van der Waals surface area contributed by atoms with Gasteiger partial charge in [0.25, 0.3) is 0 Å². The van der Waals surface area contributed by atoms with E-state index in [9.17, 15) is 4.79 Å². The van der Waals surface area contributed by atoms with E-state index >= 15 is 0 Å². The summed E-state index contributed by atoms with van der Waals surface area (Å²) in [6.07, 6.45) is 1.46. The van der Waals surface area contributed by atoms with Crippen molar-refractivity contribution in [3.05, 3.63) is 28.8 Å². The normalized spacial score (nSPS) is 12.2. The van der Waals surface area contributed by atoms with E-state index < -0.39 is 5.97 Å². The molecule has 0 aliphatic heterocycles. The monoisotopic (exact) mass is 257 g/mol. The van der Waals surface area contributed by atoms with Crippen LogP contribution in [0.3, 0.4) is 0 Å². The maximum absolute atomic E-state index is 11.0. The Labute approximate surface area is 105 Å². The summed E-state index contributed by atoms with van der Waals surface area (Å²) in [7, 11) is 0. The first-order valence-corrected chi connectivity index (χ1v) is 5.82. The van der Waals surface area contributed by atoms with E-state index in [1.807, 2.05) is 6.92 Å². The number of carboxylic acid groups (broad SMARTS) is 1. The van der Waals surface area contributed by atoms with Gasteiger partial charge in [0, 0.05) is 23.4 Å². The molecule has 3 N–H and O–H groups in total. The molecule has 0 amide bonds. The van der Waals surface area contributed by atoms with Crippen LogP contribution in [0, 0.1) is 0 Å². The van der Waals surface area contributed by atoms with Gasteiger partial charge in [0.05, 0.1) is 5.56 Å². The summed E-state index contributed by atoms with van der Waals surface area (Å²) in [5.74, 6) is -1.01. The Morgan fingerprint density at radius 3 is 2.82 bits per heavy atom. The van der Waals surface area contributed by atoms with Gasteiger partial charge in [0.1, 0.15) is 0 Å². The highest BCUT2D eigenvalue weighted by molar-refractivity contribution is 6.31. The SMILES string of the molecule is CC(CCCO)Nc1ccc(Cl)cc1C(=O)O. The molecule has 1 rings (SSSR count). The van der Waals surface area contributed by atoms with E-state index in [0.29, 0.717) is 17.1 Å². The van der Waals surface area contributed by atoms with E-state index in [4.69, 9.17) is 21.8 Å². The molecule has 0 radical (unpaired) electrons. The van der Waals surface area contributed by atoms with Crippen LogP contribution in [0.4, 0.5) is 5.69 Å². The minimum absolute atomic E-state index is 0.0985. The Hall–Kier alpha value is -1.26. The fraction of sp³-hybridized carbons (Fsp3) is 0.417. The summed E-state index contributed by atoms with van der Waals surface area (Å²) < 4.78 is 0. The van der Waals surface area contributed by atoms with Crippen molar-refractivity contribution < 1.29 is 15.0 Å². The lowest BCUT2D eigenvalue weighted by Gasteiger charge is -2.16. The summed E-state index contributed by atoms with van der Waals surface area (Å²) in [6, 6.07) is 4.82. The van der Waals surface area contributed by atoms with Crippen molar-refractivity contribution in [2.45, 2.75) is 25.8 Å². The van der Waals surface area contributed by atoms with Crippen LogP contribution in [-0.2, 0) is 0 Å². The molecule has 0 heterocycles. The van der Waals surface area contributed by atoms with Gasteiger partial charge in [-0.25, -0.2) is 4.79 Å². The number of halogens is 1. The van der Waals surface area contributed by atoms with Crippen LogP contribution in [0.15, 0.2) is 18.2 Å². The first kappa shape index (κ1) is 13.8. The number of hydrogen-bond donors (Lipinski definition) is 3. The van der Waals surface area contributed by atoms with Crippen molar-refractivity contribution in [2.75, 3.05) is 11.9 Å². The van der Waals surface area contributed by atoms with Crippen LogP contribution in [0.1, 0.15) is 30.1 Å². The standard InChI is InChI=1S/C12H16ClNO3/c1-8(3-2-6-15)14-11-5-4-9(13)7-10(11)12(16)17/h4-5,7-8,14-15H,2-3,6H2,1H3,(H,16,17). The first-order valence-electron chi connectivity index (χ1n) is 5.45. The third kappa shape index (κ3) is 4.24. The predicted octanol–water partition coefficient (Wildman–Crippen LogP) is 2.61. The molecular weight excluding hydrogens is 242 g/mol. The molecule has 17 heavy (non-hydrogen) atoms. The third-order valence-corrected chi connectivity index (χ3v) is 2.64. The number of aliphatic hydroxyl groups is 1. The molecule has 5 heteroatoms. The highest BCUT2D eigenvalue weighted by atomic mass is 35.5. The number of carboxylic acids is 1.